The van der Waals surface area contributed by atoms with Crippen molar-refractivity contribution in [2.45, 2.75) is 26.3 Å². The van der Waals surface area contributed by atoms with E-state index in [4.69, 9.17) is 5.11 Å². The smallest absolute Gasteiger partial charge is 0.353 e. The van der Waals surface area contributed by atoms with Crippen molar-refractivity contribution >= 4 is 21.9 Å². The number of hydrogen-bond acceptors (Lipinski definition) is 3. The van der Waals surface area contributed by atoms with Crippen molar-refractivity contribution in [3.63, 3.8) is 0 Å². The monoisotopic (exact) mass is 290 g/mol. The number of aromatic carboxylic acids is 1. The number of aromatic amines is 1. The van der Waals surface area contributed by atoms with Crippen molar-refractivity contribution in [2.24, 2.45) is 0 Å². The third-order valence-electron chi connectivity index (χ3n) is 2.08. The van der Waals surface area contributed by atoms with Gasteiger partial charge in [-0.2, -0.15) is 0 Å². The van der Waals surface area contributed by atoms with Gasteiger partial charge >= 0.3 is 11.7 Å². The standard InChI is InChI=1S/C9H11BrN2O4/c1-2-3-4-12-7(13)5(10)6(8(14)15)11-9(12)16/h2-4H2,1H3,(H,11,16)(H,14,15). The summed E-state index contributed by atoms with van der Waals surface area (Å²) in [6.07, 6.45) is 1.52. The molecule has 6 nitrogen and oxygen atoms in total. The summed E-state index contributed by atoms with van der Waals surface area (Å²) >= 11 is 2.87. The quantitative estimate of drug-likeness (QED) is 0.858. The Bertz CT molecular complexity index is 517. The Labute approximate surface area is 99.1 Å². The fraction of sp³-hybridized carbons (Fsp3) is 0.444. The predicted molar refractivity (Wildman–Crippen MR) is 60.9 cm³/mol. The van der Waals surface area contributed by atoms with Crippen LogP contribution in [0.5, 0.6) is 0 Å². The predicted octanol–water partition coefficient (Wildman–Crippen LogP) is 0.797. The highest BCUT2D eigenvalue weighted by molar-refractivity contribution is 9.10. The maximum atomic E-state index is 11.7. The van der Waals surface area contributed by atoms with Gasteiger partial charge in [-0.3, -0.25) is 9.36 Å². The molecule has 0 radical (unpaired) electrons. The molecule has 0 aliphatic carbocycles. The molecule has 0 aromatic carbocycles. The summed E-state index contributed by atoms with van der Waals surface area (Å²) in [6.45, 7) is 2.21. The molecule has 0 spiro atoms. The fourth-order valence-electron chi connectivity index (χ4n) is 1.21. The lowest BCUT2D eigenvalue weighted by Gasteiger charge is -2.05. The molecule has 1 heterocycles. The van der Waals surface area contributed by atoms with Crippen LogP contribution in [0.15, 0.2) is 14.1 Å². The first-order valence-corrected chi connectivity index (χ1v) is 5.54. The van der Waals surface area contributed by atoms with E-state index in [-0.39, 0.29) is 11.0 Å². The lowest BCUT2D eigenvalue weighted by Crippen LogP contribution is -2.37. The van der Waals surface area contributed by atoms with E-state index in [0.29, 0.717) is 6.42 Å². The number of carboxylic acids is 1. The molecular weight excluding hydrogens is 280 g/mol. The SMILES string of the molecule is CCCCn1c(=O)[nH]c(C(=O)O)c(Br)c1=O. The molecule has 7 heteroatoms. The number of nitrogens with one attached hydrogen (secondary N) is 1. The number of nitrogens with zero attached hydrogens (tertiary/aromatic N) is 1. The van der Waals surface area contributed by atoms with E-state index in [9.17, 15) is 14.4 Å². The maximum absolute atomic E-state index is 11.7. The van der Waals surface area contributed by atoms with Crippen LogP contribution in [0.25, 0.3) is 0 Å². The molecule has 0 saturated carbocycles. The van der Waals surface area contributed by atoms with Crippen molar-refractivity contribution in [3.05, 3.63) is 31.0 Å². The van der Waals surface area contributed by atoms with E-state index in [1.807, 2.05) is 6.92 Å². The second-order valence-electron chi connectivity index (χ2n) is 3.23. The highest BCUT2D eigenvalue weighted by Crippen LogP contribution is 2.06. The minimum absolute atomic E-state index is 0.129. The number of halogens is 1. The van der Waals surface area contributed by atoms with Gasteiger partial charge in [0, 0.05) is 6.54 Å². The first kappa shape index (κ1) is 12.7. The molecule has 0 saturated heterocycles. The van der Waals surface area contributed by atoms with Crippen LogP contribution in [0, 0.1) is 0 Å². The Morgan fingerprint density at radius 3 is 2.62 bits per heavy atom. The van der Waals surface area contributed by atoms with Crippen LogP contribution in [0.3, 0.4) is 0 Å². The van der Waals surface area contributed by atoms with E-state index in [0.717, 1.165) is 11.0 Å². The molecule has 1 aromatic rings. The van der Waals surface area contributed by atoms with Gasteiger partial charge in [0.15, 0.2) is 0 Å². The molecule has 0 aliphatic heterocycles. The summed E-state index contributed by atoms with van der Waals surface area (Å²) in [6, 6.07) is 0. The molecule has 0 atom stereocenters. The molecule has 0 aliphatic rings. The van der Waals surface area contributed by atoms with E-state index < -0.39 is 22.9 Å². The molecule has 0 bridgehead atoms. The molecule has 0 fully saturated rings. The van der Waals surface area contributed by atoms with Gasteiger partial charge in [-0.1, -0.05) is 13.3 Å². The number of hydrogen-bond donors (Lipinski definition) is 2. The summed E-state index contributed by atoms with van der Waals surface area (Å²) in [5, 5.41) is 8.73. The van der Waals surface area contributed by atoms with Crippen molar-refractivity contribution in [1.29, 1.82) is 0 Å². The second kappa shape index (κ2) is 5.11. The zero-order chi connectivity index (χ0) is 12.3. The molecule has 1 aromatic heterocycles. The lowest BCUT2D eigenvalue weighted by atomic mass is 10.3. The molecule has 16 heavy (non-hydrogen) atoms. The average molecular weight is 291 g/mol. The summed E-state index contributed by atoms with van der Waals surface area (Å²) in [5.41, 5.74) is -1.73. The average Bonchev–Trinajstić information content (AvgIpc) is 2.23. The van der Waals surface area contributed by atoms with E-state index in [1.165, 1.54) is 0 Å². The van der Waals surface area contributed by atoms with Crippen LogP contribution in [0.4, 0.5) is 0 Å². The Hall–Kier alpha value is -1.37. The summed E-state index contributed by atoms with van der Waals surface area (Å²) < 4.78 is 0.857. The first-order chi connectivity index (χ1) is 7.49. The Morgan fingerprint density at radius 2 is 2.12 bits per heavy atom. The minimum Gasteiger partial charge on any atom is -0.477 e. The lowest BCUT2D eigenvalue weighted by molar-refractivity contribution is 0.0688. The highest BCUT2D eigenvalue weighted by atomic mass is 79.9. The van der Waals surface area contributed by atoms with Crippen LogP contribution < -0.4 is 11.2 Å². The molecule has 1 rings (SSSR count). The van der Waals surface area contributed by atoms with Crippen molar-refractivity contribution in [1.82, 2.24) is 9.55 Å². The van der Waals surface area contributed by atoms with Gasteiger partial charge in [0.05, 0.1) is 0 Å². The van der Waals surface area contributed by atoms with Crippen molar-refractivity contribution in [3.8, 4) is 0 Å². The third-order valence-corrected chi connectivity index (χ3v) is 2.81. The second-order valence-corrected chi connectivity index (χ2v) is 4.03. The minimum atomic E-state index is -1.34. The fourth-order valence-corrected chi connectivity index (χ4v) is 1.70. The van der Waals surface area contributed by atoms with Gasteiger partial charge in [0.1, 0.15) is 10.2 Å². The topological polar surface area (TPSA) is 92.2 Å². The Kier molecular flexibility index (Phi) is 4.05. The number of rotatable bonds is 4. The summed E-state index contributed by atoms with van der Waals surface area (Å²) in [7, 11) is 0. The van der Waals surface area contributed by atoms with Gasteiger partial charge < -0.3 is 10.1 Å². The van der Waals surface area contributed by atoms with Crippen LogP contribution in [0.2, 0.25) is 0 Å². The number of carboxylic acid groups (broad SMARTS) is 1. The summed E-state index contributed by atoms with van der Waals surface area (Å²) in [5.74, 6) is -1.34. The van der Waals surface area contributed by atoms with Crippen LogP contribution in [-0.4, -0.2) is 20.6 Å². The van der Waals surface area contributed by atoms with Gasteiger partial charge in [-0.05, 0) is 22.4 Å². The zero-order valence-corrected chi connectivity index (χ0v) is 10.2. The van der Waals surface area contributed by atoms with E-state index in [2.05, 4.69) is 20.9 Å². The molecular formula is C9H11BrN2O4. The number of H-pyrrole nitrogens is 1. The molecule has 0 unspecified atom stereocenters. The maximum Gasteiger partial charge on any atom is 0.353 e. The molecule has 2 N–H and O–H groups in total. The normalized spacial score (nSPS) is 10.4. The van der Waals surface area contributed by atoms with E-state index in [1.54, 1.807) is 0 Å². The number of unbranched alkanes of at least 4 members (excludes halogenated alkanes) is 1. The zero-order valence-electron chi connectivity index (χ0n) is 8.62. The third kappa shape index (κ3) is 2.41. The Morgan fingerprint density at radius 1 is 1.50 bits per heavy atom. The van der Waals surface area contributed by atoms with Crippen LogP contribution >= 0.6 is 15.9 Å². The van der Waals surface area contributed by atoms with Crippen LogP contribution in [-0.2, 0) is 6.54 Å². The van der Waals surface area contributed by atoms with Gasteiger partial charge in [0.25, 0.3) is 5.56 Å². The van der Waals surface area contributed by atoms with Gasteiger partial charge in [-0.15, -0.1) is 0 Å². The number of aromatic nitrogens is 2. The van der Waals surface area contributed by atoms with Crippen molar-refractivity contribution in [2.75, 3.05) is 0 Å². The molecule has 0 amide bonds. The Balaban J connectivity index is 3.35. The highest BCUT2D eigenvalue weighted by Gasteiger charge is 2.16. The number of carbonyl (C=O) groups is 1. The van der Waals surface area contributed by atoms with Gasteiger partial charge in [0.2, 0.25) is 0 Å². The van der Waals surface area contributed by atoms with E-state index >= 15 is 0 Å². The molecule has 88 valence electrons. The summed E-state index contributed by atoms with van der Waals surface area (Å²) in [4.78, 5) is 36.0. The van der Waals surface area contributed by atoms with Crippen LogP contribution in [0.1, 0.15) is 30.3 Å². The van der Waals surface area contributed by atoms with Gasteiger partial charge in [-0.25, -0.2) is 9.59 Å². The largest absolute Gasteiger partial charge is 0.477 e. The van der Waals surface area contributed by atoms with Crippen molar-refractivity contribution < 1.29 is 9.90 Å². The first-order valence-electron chi connectivity index (χ1n) is 4.75.